The van der Waals surface area contributed by atoms with Crippen LogP contribution in [0.25, 0.3) is 0 Å². The smallest absolute Gasteiger partial charge is 0.258 e. The lowest BCUT2D eigenvalue weighted by atomic mass is 9.87. The van der Waals surface area contributed by atoms with Crippen molar-refractivity contribution in [2.24, 2.45) is 0 Å². The first-order valence-corrected chi connectivity index (χ1v) is 9.97. The van der Waals surface area contributed by atoms with Crippen molar-refractivity contribution in [3.05, 3.63) is 53.6 Å². The van der Waals surface area contributed by atoms with E-state index in [-0.39, 0.29) is 29.6 Å². The van der Waals surface area contributed by atoms with E-state index in [0.717, 1.165) is 17.1 Å². The Labute approximate surface area is 173 Å². The zero-order chi connectivity index (χ0) is 21.2. The minimum Gasteiger partial charge on any atom is -0.497 e. The van der Waals surface area contributed by atoms with E-state index in [4.69, 9.17) is 14.2 Å². The van der Waals surface area contributed by atoms with E-state index in [0.29, 0.717) is 12.2 Å². The lowest BCUT2D eigenvalue weighted by Gasteiger charge is -2.38. The molecule has 0 aliphatic carbocycles. The van der Waals surface area contributed by atoms with E-state index in [2.05, 4.69) is 26.1 Å². The van der Waals surface area contributed by atoms with Crippen LogP contribution >= 0.6 is 0 Å². The third-order valence-electron chi connectivity index (χ3n) is 5.10. The van der Waals surface area contributed by atoms with Gasteiger partial charge in [-0.2, -0.15) is 0 Å². The normalized spacial score (nSPS) is 17.7. The lowest BCUT2D eigenvalue weighted by Crippen LogP contribution is -2.42. The molecule has 1 atom stereocenters. The Morgan fingerprint density at radius 2 is 1.79 bits per heavy atom. The Bertz CT molecular complexity index is 865. The third-order valence-corrected chi connectivity index (χ3v) is 5.10. The van der Waals surface area contributed by atoms with E-state index in [9.17, 15) is 4.79 Å². The summed E-state index contributed by atoms with van der Waals surface area (Å²) in [5.41, 5.74) is 1.88. The Morgan fingerprint density at radius 1 is 1.14 bits per heavy atom. The molecule has 0 bridgehead atoms. The molecule has 3 rings (SSSR count). The monoisotopic (exact) mass is 397 g/mol. The van der Waals surface area contributed by atoms with Gasteiger partial charge in [0.15, 0.2) is 6.61 Å². The Morgan fingerprint density at radius 3 is 2.41 bits per heavy atom. The number of hydrogen-bond acceptors (Lipinski definition) is 4. The number of ether oxygens (including phenoxy) is 3. The van der Waals surface area contributed by atoms with E-state index >= 15 is 0 Å². The van der Waals surface area contributed by atoms with Gasteiger partial charge in [0.05, 0.1) is 13.2 Å². The maximum Gasteiger partial charge on any atom is 0.258 e. The second kappa shape index (κ2) is 7.97. The van der Waals surface area contributed by atoms with Gasteiger partial charge in [-0.15, -0.1) is 0 Å². The van der Waals surface area contributed by atoms with Crippen LogP contribution in [-0.2, 0) is 10.2 Å². The highest BCUT2D eigenvalue weighted by atomic mass is 16.5. The minimum atomic E-state index is -0.388. The second-order valence-corrected chi connectivity index (χ2v) is 9.15. The van der Waals surface area contributed by atoms with Crippen LogP contribution in [-0.4, -0.2) is 25.2 Å². The van der Waals surface area contributed by atoms with Gasteiger partial charge < -0.3 is 19.5 Å². The highest BCUT2D eigenvalue weighted by Crippen LogP contribution is 2.41. The number of carbonyl (C=O) groups is 1. The molecule has 0 fully saturated rings. The molecular formula is C24H31NO4. The first-order valence-electron chi connectivity index (χ1n) is 9.97. The largest absolute Gasteiger partial charge is 0.497 e. The van der Waals surface area contributed by atoms with E-state index < -0.39 is 0 Å². The van der Waals surface area contributed by atoms with E-state index in [1.54, 1.807) is 7.11 Å². The Kier molecular flexibility index (Phi) is 5.78. The Hall–Kier alpha value is -2.69. The van der Waals surface area contributed by atoms with E-state index in [1.165, 1.54) is 5.56 Å². The molecule has 156 valence electrons. The van der Waals surface area contributed by atoms with E-state index in [1.807, 2.05) is 56.3 Å². The zero-order valence-electron chi connectivity index (χ0n) is 18.2. The summed E-state index contributed by atoms with van der Waals surface area (Å²) in [5.74, 6) is 2.00. The van der Waals surface area contributed by atoms with Crippen LogP contribution < -0.4 is 19.5 Å². The molecule has 1 N–H and O–H groups in total. The average Bonchev–Trinajstić information content (AvgIpc) is 2.64. The predicted octanol–water partition coefficient (Wildman–Crippen LogP) is 4.79. The molecule has 2 aromatic carbocycles. The number of nitrogens with one attached hydrogen (secondary N) is 1. The number of methoxy groups -OCH3 is 1. The van der Waals surface area contributed by atoms with Gasteiger partial charge in [0.2, 0.25) is 0 Å². The van der Waals surface area contributed by atoms with Gasteiger partial charge in [-0.05, 0) is 49.1 Å². The summed E-state index contributed by atoms with van der Waals surface area (Å²) >= 11 is 0. The average molecular weight is 398 g/mol. The summed E-state index contributed by atoms with van der Waals surface area (Å²) in [6, 6.07) is 13.4. The molecule has 0 saturated carbocycles. The van der Waals surface area contributed by atoms with Crippen LogP contribution in [0.3, 0.4) is 0 Å². The minimum absolute atomic E-state index is 0.0296. The molecule has 29 heavy (non-hydrogen) atoms. The van der Waals surface area contributed by atoms with Gasteiger partial charge >= 0.3 is 0 Å². The number of rotatable bonds is 5. The fourth-order valence-electron chi connectivity index (χ4n) is 3.52. The van der Waals surface area contributed by atoms with Crippen LogP contribution in [0.2, 0.25) is 0 Å². The summed E-state index contributed by atoms with van der Waals surface area (Å²) in [6.45, 7) is 10.5. The summed E-state index contributed by atoms with van der Waals surface area (Å²) < 4.78 is 17.1. The van der Waals surface area contributed by atoms with Gasteiger partial charge in [0.1, 0.15) is 22.8 Å². The van der Waals surface area contributed by atoms with Crippen LogP contribution in [0.1, 0.15) is 58.2 Å². The molecule has 1 aliphatic heterocycles. The summed E-state index contributed by atoms with van der Waals surface area (Å²) in [4.78, 5) is 12.6. The molecule has 0 saturated heterocycles. The van der Waals surface area contributed by atoms with Crippen LogP contribution in [0, 0.1) is 0 Å². The SMILES string of the molecule is COc1ccc2c(c1)OC(C)(C)CC2NC(=O)COc1ccc(C(C)(C)C)cc1. The van der Waals surface area contributed by atoms with Crippen molar-refractivity contribution in [1.82, 2.24) is 5.32 Å². The molecule has 2 aromatic rings. The molecule has 5 nitrogen and oxygen atoms in total. The highest BCUT2D eigenvalue weighted by molar-refractivity contribution is 5.78. The number of hydrogen-bond donors (Lipinski definition) is 1. The van der Waals surface area contributed by atoms with Crippen LogP contribution in [0.5, 0.6) is 17.2 Å². The molecule has 1 heterocycles. The van der Waals surface area contributed by atoms with Gasteiger partial charge in [0, 0.05) is 18.1 Å². The lowest BCUT2D eigenvalue weighted by molar-refractivity contribution is -0.124. The molecule has 0 aromatic heterocycles. The quantitative estimate of drug-likeness (QED) is 0.788. The van der Waals surface area contributed by atoms with Crippen molar-refractivity contribution in [3.8, 4) is 17.2 Å². The van der Waals surface area contributed by atoms with Gasteiger partial charge in [-0.1, -0.05) is 32.9 Å². The molecule has 0 radical (unpaired) electrons. The van der Waals surface area contributed by atoms with Crippen LogP contribution in [0.15, 0.2) is 42.5 Å². The third kappa shape index (κ3) is 5.22. The fraction of sp³-hybridized carbons (Fsp3) is 0.458. The Balaban J connectivity index is 1.65. The van der Waals surface area contributed by atoms with Gasteiger partial charge in [-0.25, -0.2) is 0 Å². The number of fused-ring (bicyclic) bond motifs is 1. The summed E-state index contributed by atoms with van der Waals surface area (Å²) in [7, 11) is 1.63. The highest BCUT2D eigenvalue weighted by Gasteiger charge is 2.34. The topological polar surface area (TPSA) is 56.8 Å². The first kappa shape index (κ1) is 21.0. The van der Waals surface area contributed by atoms with Crippen molar-refractivity contribution in [1.29, 1.82) is 0 Å². The molecule has 1 aliphatic rings. The van der Waals surface area contributed by atoms with Crippen molar-refractivity contribution in [3.63, 3.8) is 0 Å². The molecular weight excluding hydrogens is 366 g/mol. The van der Waals surface area contributed by atoms with Crippen LogP contribution in [0.4, 0.5) is 0 Å². The summed E-state index contributed by atoms with van der Waals surface area (Å²) in [5, 5.41) is 3.09. The second-order valence-electron chi connectivity index (χ2n) is 9.15. The van der Waals surface area contributed by atoms with Gasteiger partial charge in [0.25, 0.3) is 5.91 Å². The molecule has 1 unspecified atom stereocenters. The number of carbonyl (C=O) groups excluding carboxylic acids is 1. The van der Waals surface area contributed by atoms with Crippen molar-refractivity contribution < 1.29 is 19.0 Å². The van der Waals surface area contributed by atoms with Gasteiger partial charge in [-0.3, -0.25) is 4.79 Å². The maximum atomic E-state index is 12.6. The van der Waals surface area contributed by atoms with Crippen molar-refractivity contribution in [2.45, 2.75) is 58.1 Å². The standard InChI is InChI=1S/C24H31NO4/c1-23(2,3)16-7-9-17(10-8-16)28-15-22(26)25-20-14-24(4,5)29-21-13-18(27-6)11-12-19(20)21/h7-13,20H,14-15H2,1-6H3,(H,25,26). The number of benzene rings is 2. The predicted molar refractivity (Wildman–Crippen MR) is 114 cm³/mol. The number of amides is 1. The van der Waals surface area contributed by atoms with Crippen molar-refractivity contribution in [2.75, 3.05) is 13.7 Å². The zero-order valence-corrected chi connectivity index (χ0v) is 18.2. The molecule has 1 amide bonds. The maximum absolute atomic E-state index is 12.6. The molecule has 5 heteroatoms. The van der Waals surface area contributed by atoms with Crippen molar-refractivity contribution >= 4 is 5.91 Å². The summed E-state index contributed by atoms with van der Waals surface area (Å²) in [6.07, 6.45) is 0.679. The first-order chi connectivity index (χ1) is 13.6. The molecule has 0 spiro atoms. The fourth-order valence-corrected chi connectivity index (χ4v) is 3.52.